The molecule has 2 atom stereocenters. The Balaban J connectivity index is 2.09. The van der Waals surface area contributed by atoms with Gasteiger partial charge in [0.25, 0.3) is 0 Å². The summed E-state index contributed by atoms with van der Waals surface area (Å²) in [7, 11) is 0. The molecule has 2 aliphatic heterocycles. The normalized spacial score (nSPS) is 25.4. The maximum atomic E-state index is 4.73. The number of benzene rings is 1. The van der Waals surface area contributed by atoms with Gasteiger partial charge in [0.05, 0.1) is 6.20 Å². The standard InChI is InChI=1S/C23H32N4/c1-7-22(6)21-26(16(4)5)20-19(14-24-15-25-20)27(21)18-13-11-10-12-17(18)23(22,8-2)9-3/h10-16,21H,7-9H2,1-6H3. The number of para-hydroxylation sites is 1. The van der Waals surface area contributed by atoms with Crippen molar-refractivity contribution in [1.29, 1.82) is 0 Å². The molecule has 0 N–H and O–H groups in total. The Morgan fingerprint density at radius 1 is 1.04 bits per heavy atom. The van der Waals surface area contributed by atoms with E-state index in [1.165, 1.54) is 11.3 Å². The Morgan fingerprint density at radius 2 is 1.74 bits per heavy atom. The molecule has 0 aliphatic carbocycles. The second-order valence-corrected chi connectivity index (χ2v) is 8.55. The molecular weight excluding hydrogens is 332 g/mol. The van der Waals surface area contributed by atoms with Crippen LogP contribution in [0.3, 0.4) is 0 Å². The van der Waals surface area contributed by atoms with Gasteiger partial charge in [-0.25, -0.2) is 9.97 Å². The van der Waals surface area contributed by atoms with Gasteiger partial charge in [0.15, 0.2) is 5.82 Å². The first kappa shape index (κ1) is 18.3. The van der Waals surface area contributed by atoms with E-state index in [1.807, 2.05) is 6.20 Å². The van der Waals surface area contributed by atoms with E-state index in [0.29, 0.717) is 6.04 Å². The van der Waals surface area contributed by atoms with Crippen molar-refractivity contribution in [2.45, 2.75) is 78.4 Å². The van der Waals surface area contributed by atoms with Gasteiger partial charge >= 0.3 is 0 Å². The molecular formula is C23H32N4. The predicted octanol–water partition coefficient (Wildman–Crippen LogP) is 5.66. The Bertz CT molecular complexity index is 842. The fourth-order valence-electron chi connectivity index (χ4n) is 6.04. The fourth-order valence-corrected chi connectivity index (χ4v) is 6.04. The van der Waals surface area contributed by atoms with Gasteiger partial charge in [0.2, 0.25) is 0 Å². The van der Waals surface area contributed by atoms with Crippen molar-refractivity contribution in [3.8, 4) is 0 Å². The summed E-state index contributed by atoms with van der Waals surface area (Å²) < 4.78 is 0. The minimum absolute atomic E-state index is 0.0931. The van der Waals surface area contributed by atoms with E-state index in [4.69, 9.17) is 4.98 Å². The molecule has 0 amide bonds. The predicted molar refractivity (Wildman–Crippen MR) is 113 cm³/mol. The number of hydrogen-bond acceptors (Lipinski definition) is 4. The van der Waals surface area contributed by atoms with Crippen LogP contribution in [0.2, 0.25) is 0 Å². The smallest absolute Gasteiger partial charge is 0.157 e. The molecule has 0 saturated carbocycles. The van der Waals surface area contributed by atoms with Gasteiger partial charge in [-0.05, 0) is 44.7 Å². The van der Waals surface area contributed by atoms with Crippen LogP contribution in [0.1, 0.15) is 66.4 Å². The summed E-state index contributed by atoms with van der Waals surface area (Å²) in [6, 6.07) is 9.39. The van der Waals surface area contributed by atoms with Gasteiger partial charge < -0.3 is 9.80 Å². The zero-order chi connectivity index (χ0) is 19.4. The molecule has 1 aromatic heterocycles. The number of aromatic nitrogens is 2. The number of hydrogen-bond donors (Lipinski definition) is 0. The first-order valence-electron chi connectivity index (χ1n) is 10.4. The molecule has 2 aromatic rings. The molecule has 0 fully saturated rings. The van der Waals surface area contributed by atoms with Crippen LogP contribution < -0.4 is 9.80 Å². The fraction of sp³-hybridized carbons (Fsp3) is 0.565. The van der Waals surface area contributed by atoms with Crippen molar-refractivity contribution >= 4 is 17.2 Å². The third-order valence-electron chi connectivity index (χ3n) is 7.52. The van der Waals surface area contributed by atoms with E-state index >= 15 is 0 Å². The first-order chi connectivity index (χ1) is 13.0. The lowest BCUT2D eigenvalue weighted by Gasteiger charge is -2.60. The van der Waals surface area contributed by atoms with E-state index in [-0.39, 0.29) is 17.0 Å². The van der Waals surface area contributed by atoms with Crippen LogP contribution in [0.15, 0.2) is 36.8 Å². The molecule has 4 heteroatoms. The molecule has 3 heterocycles. The maximum Gasteiger partial charge on any atom is 0.157 e. The molecule has 27 heavy (non-hydrogen) atoms. The van der Waals surface area contributed by atoms with Crippen LogP contribution in [-0.4, -0.2) is 22.2 Å². The Labute approximate surface area is 163 Å². The third kappa shape index (κ3) is 2.10. The zero-order valence-electron chi connectivity index (χ0n) is 17.5. The van der Waals surface area contributed by atoms with Crippen molar-refractivity contribution in [2.24, 2.45) is 5.41 Å². The van der Waals surface area contributed by atoms with Gasteiger partial charge in [0, 0.05) is 22.6 Å². The minimum Gasteiger partial charge on any atom is -0.331 e. The highest BCUT2D eigenvalue weighted by Crippen LogP contribution is 2.64. The molecule has 4 nitrogen and oxygen atoms in total. The van der Waals surface area contributed by atoms with Crippen LogP contribution in [0.4, 0.5) is 17.2 Å². The lowest BCUT2D eigenvalue weighted by molar-refractivity contribution is 0.0710. The molecule has 0 bridgehead atoms. The van der Waals surface area contributed by atoms with Crippen LogP contribution >= 0.6 is 0 Å². The van der Waals surface area contributed by atoms with Crippen LogP contribution in [0.5, 0.6) is 0 Å². The molecule has 2 unspecified atom stereocenters. The van der Waals surface area contributed by atoms with E-state index in [0.717, 1.165) is 30.8 Å². The lowest BCUT2D eigenvalue weighted by Crippen LogP contribution is -2.64. The molecule has 144 valence electrons. The van der Waals surface area contributed by atoms with Gasteiger partial charge in [-0.2, -0.15) is 0 Å². The van der Waals surface area contributed by atoms with Gasteiger partial charge in [-0.3, -0.25) is 0 Å². The van der Waals surface area contributed by atoms with Gasteiger partial charge in [-0.1, -0.05) is 45.9 Å². The van der Waals surface area contributed by atoms with E-state index < -0.39 is 0 Å². The van der Waals surface area contributed by atoms with Crippen molar-refractivity contribution in [2.75, 3.05) is 9.80 Å². The number of fused-ring (bicyclic) bond motifs is 5. The molecule has 4 rings (SSSR count). The average Bonchev–Trinajstić information content (AvgIpc) is 3.05. The largest absolute Gasteiger partial charge is 0.331 e. The SMILES string of the molecule is CCC1(CC)c2ccccc2N2c3cncnc3N(C(C)C)C2C1(C)CC. The van der Waals surface area contributed by atoms with Gasteiger partial charge in [0.1, 0.15) is 18.2 Å². The topological polar surface area (TPSA) is 32.3 Å². The Morgan fingerprint density at radius 3 is 2.37 bits per heavy atom. The van der Waals surface area contributed by atoms with E-state index in [9.17, 15) is 0 Å². The number of anilines is 3. The Hall–Kier alpha value is -2.10. The van der Waals surface area contributed by atoms with Crippen LogP contribution in [0.25, 0.3) is 0 Å². The highest BCUT2D eigenvalue weighted by atomic mass is 15.5. The number of rotatable bonds is 4. The summed E-state index contributed by atoms with van der Waals surface area (Å²) in [5.41, 5.74) is 4.19. The zero-order valence-corrected chi connectivity index (χ0v) is 17.5. The van der Waals surface area contributed by atoms with Crippen molar-refractivity contribution in [3.05, 3.63) is 42.4 Å². The van der Waals surface area contributed by atoms with Crippen molar-refractivity contribution in [1.82, 2.24) is 9.97 Å². The van der Waals surface area contributed by atoms with E-state index in [2.05, 4.69) is 80.6 Å². The highest BCUT2D eigenvalue weighted by molar-refractivity contribution is 5.84. The second-order valence-electron chi connectivity index (χ2n) is 8.55. The molecule has 2 aliphatic rings. The summed E-state index contributed by atoms with van der Waals surface area (Å²) in [5.74, 6) is 1.07. The average molecular weight is 365 g/mol. The van der Waals surface area contributed by atoms with Crippen LogP contribution in [-0.2, 0) is 5.41 Å². The monoisotopic (exact) mass is 364 g/mol. The summed E-state index contributed by atoms with van der Waals surface area (Å²) >= 11 is 0. The summed E-state index contributed by atoms with van der Waals surface area (Å²) in [6.45, 7) is 14.2. The molecule has 0 radical (unpaired) electrons. The first-order valence-corrected chi connectivity index (χ1v) is 10.4. The second kappa shape index (κ2) is 6.22. The van der Waals surface area contributed by atoms with E-state index in [1.54, 1.807) is 6.33 Å². The van der Waals surface area contributed by atoms with Gasteiger partial charge in [-0.15, -0.1) is 0 Å². The van der Waals surface area contributed by atoms with Crippen LogP contribution in [0, 0.1) is 5.41 Å². The summed E-state index contributed by atoms with van der Waals surface area (Å²) in [4.78, 5) is 14.2. The number of nitrogens with zero attached hydrogens (tertiary/aromatic N) is 4. The third-order valence-corrected chi connectivity index (χ3v) is 7.52. The maximum absolute atomic E-state index is 4.73. The lowest BCUT2D eigenvalue weighted by atomic mass is 9.53. The quantitative estimate of drug-likeness (QED) is 0.701. The summed E-state index contributed by atoms with van der Waals surface area (Å²) in [5, 5.41) is 0. The molecule has 1 aromatic carbocycles. The minimum atomic E-state index is 0.0931. The highest BCUT2D eigenvalue weighted by Gasteiger charge is 2.61. The summed E-state index contributed by atoms with van der Waals surface area (Å²) in [6.07, 6.45) is 7.34. The van der Waals surface area contributed by atoms with Crippen molar-refractivity contribution < 1.29 is 0 Å². The van der Waals surface area contributed by atoms with Crippen molar-refractivity contribution in [3.63, 3.8) is 0 Å². The Kier molecular flexibility index (Phi) is 4.21. The molecule has 0 spiro atoms. The molecule has 0 saturated heterocycles.